The molecule has 0 amide bonds. The molecule has 0 saturated heterocycles. The molecule has 20 heavy (non-hydrogen) atoms. The molecule has 1 aromatic carbocycles. The molecule has 0 aromatic heterocycles. The smallest absolute Gasteiger partial charge is 0.341 e. The number of hydrogen-bond acceptors (Lipinski definition) is 5. The molecule has 6 nitrogen and oxygen atoms in total. The van der Waals surface area contributed by atoms with Crippen LogP contribution < -0.4 is 5.14 Å². The van der Waals surface area contributed by atoms with Crippen LogP contribution in [0.5, 0.6) is 0 Å². The molecule has 0 saturated carbocycles. The zero-order valence-corrected chi connectivity index (χ0v) is 11.4. The molecule has 1 aromatic rings. The van der Waals surface area contributed by atoms with Gasteiger partial charge in [0.05, 0.1) is 12.2 Å². The Bertz CT molecular complexity index is 603. The fourth-order valence-electron chi connectivity index (χ4n) is 1.37. The Balaban J connectivity index is 3.01. The van der Waals surface area contributed by atoms with Gasteiger partial charge in [0, 0.05) is 20.1 Å². The molecular weight excluding hydrogens is 296 g/mol. The second kappa shape index (κ2) is 6.73. The first-order valence-corrected chi connectivity index (χ1v) is 7.00. The van der Waals surface area contributed by atoms with Crippen LogP contribution in [0.25, 0.3) is 0 Å². The number of halogens is 2. The van der Waals surface area contributed by atoms with Gasteiger partial charge in [-0.2, -0.15) is 0 Å². The number of esters is 1. The summed E-state index contributed by atoms with van der Waals surface area (Å²) in [5, 5.41) is 4.73. The number of primary sulfonamides is 1. The highest BCUT2D eigenvalue weighted by molar-refractivity contribution is 7.89. The van der Waals surface area contributed by atoms with E-state index >= 15 is 0 Å². The van der Waals surface area contributed by atoms with Crippen molar-refractivity contribution in [1.82, 2.24) is 0 Å². The first-order chi connectivity index (χ1) is 9.27. The molecule has 112 valence electrons. The van der Waals surface area contributed by atoms with E-state index in [1.165, 1.54) is 7.11 Å². The molecule has 0 fully saturated rings. The van der Waals surface area contributed by atoms with Crippen LogP contribution in [0.1, 0.15) is 16.8 Å². The van der Waals surface area contributed by atoms with Crippen molar-refractivity contribution in [2.24, 2.45) is 5.14 Å². The SMILES string of the molecule is COCCCOC(=O)c1cc(F)cc(S(N)(=O)=O)c1F. The molecule has 0 spiro atoms. The number of hydrogen-bond donors (Lipinski definition) is 1. The maximum atomic E-state index is 13.8. The van der Waals surface area contributed by atoms with Gasteiger partial charge >= 0.3 is 5.97 Å². The van der Waals surface area contributed by atoms with Crippen LogP contribution in [0.2, 0.25) is 0 Å². The number of sulfonamides is 1. The first kappa shape index (κ1) is 16.5. The monoisotopic (exact) mass is 309 g/mol. The maximum Gasteiger partial charge on any atom is 0.341 e. The summed E-state index contributed by atoms with van der Waals surface area (Å²) in [6.45, 7) is 0.245. The van der Waals surface area contributed by atoms with E-state index in [2.05, 4.69) is 4.74 Å². The van der Waals surface area contributed by atoms with Gasteiger partial charge in [-0.3, -0.25) is 0 Å². The largest absolute Gasteiger partial charge is 0.462 e. The summed E-state index contributed by atoms with van der Waals surface area (Å²) >= 11 is 0. The molecule has 0 heterocycles. The van der Waals surface area contributed by atoms with Crippen LogP contribution in [0.4, 0.5) is 8.78 Å². The first-order valence-electron chi connectivity index (χ1n) is 5.45. The number of ether oxygens (including phenoxy) is 2. The molecule has 0 aliphatic heterocycles. The van der Waals surface area contributed by atoms with Gasteiger partial charge in [-0.1, -0.05) is 0 Å². The van der Waals surface area contributed by atoms with Gasteiger partial charge in [-0.25, -0.2) is 27.1 Å². The summed E-state index contributed by atoms with van der Waals surface area (Å²) < 4.78 is 58.6. The minimum atomic E-state index is -4.48. The molecule has 0 aliphatic carbocycles. The van der Waals surface area contributed by atoms with Crippen molar-refractivity contribution in [3.63, 3.8) is 0 Å². The molecule has 0 radical (unpaired) electrons. The van der Waals surface area contributed by atoms with E-state index < -0.39 is 38.1 Å². The number of benzene rings is 1. The third-order valence-corrected chi connectivity index (χ3v) is 3.17. The van der Waals surface area contributed by atoms with Crippen LogP contribution in [0, 0.1) is 11.6 Å². The van der Waals surface area contributed by atoms with Crippen LogP contribution in [0.3, 0.4) is 0 Å². The molecule has 0 aliphatic rings. The number of carbonyl (C=O) groups excluding carboxylic acids is 1. The van der Waals surface area contributed by atoms with Gasteiger partial charge in [0.1, 0.15) is 10.7 Å². The zero-order valence-electron chi connectivity index (χ0n) is 10.6. The Morgan fingerprint density at radius 2 is 1.95 bits per heavy atom. The standard InChI is InChI=1S/C11H13F2NO5S/c1-18-3-2-4-19-11(15)8-5-7(12)6-9(10(8)13)20(14,16)17/h5-6H,2-4H2,1H3,(H2,14,16,17). The average Bonchev–Trinajstić information content (AvgIpc) is 2.35. The molecular formula is C11H13F2NO5S. The van der Waals surface area contributed by atoms with Crippen molar-refractivity contribution in [1.29, 1.82) is 0 Å². The predicted octanol–water partition coefficient (Wildman–Crippen LogP) is 0.806. The third-order valence-electron chi connectivity index (χ3n) is 2.26. The molecule has 2 N–H and O–H groups in total. The van der Waals surface area contributed by atoms with Crippen molar-refractivity contribution in [3.8, 4) is 0 Å². The van der Waals surface area contributed by atoms with E-state index in [9.17, 15) is 22.0 Å². The van der Waals surface area contributed by atoms with Gasteiger partial charge in [0.15, 0.2) is 5.82 Å². The maximum absolute atomic E-state index is 13.8. The number of methoxy groups -OCH3 is 1. The van der Waals surface area contributed by atoms with Crippen molar-refractivity contribution in [2.75, 3.05) is 20.3 Å². The molecule has 0 unspecified atom stereocenters. The normalized spacial score (nSPS) is 11.4. The average molecular weight is 309 g/mol. The van der Waals surface area contributed by atoms with Crippen LogP contribution in [-0.4, -0.2) is 34.7 Å². The summed E-state index contributed by atoms with van der Waals surface area (Å²) in [6.07, 6.45) is 0.362. The van der Waals surface area contributed by atoms with Crippen LogP contribution >= 0.6 is 0 Å². The third kappa shape index (κ3) is 4.22. The number of nitrogens with two attached hydrogens (primary N) is 1. The van der Waals surface area contributed by atoms with Gasteiger partial charge in [-0.15, -0.1) is 0 Å². The van der Waals surface area contributed by atoms with E-state index in [4.69, 9.17) is 9.88 Å². The van der Waals surface area contributed by atoms with Gasteiger partial charge in [0.25, 0.3) is 0 Å². The van der Waals surface area contributed by atoms with E-state index in [1.807, 2.05) is 0 Å². The Labute approximate surface area is 114 Å². The van der Waals surface area contributed by atoms with Crippen molar-refractivity contribution >= 4 is 16.0 Å². The summed E-state index contributed by atoms with van der Waals surface area (Å²) in [7, 11) is -3.03. The second-order valence-corrected chi connectivity index (χ2v) is 5.32. The molecule has 1 rings (SSSR count). The lowest BCUT2D eigenvalue weighted by atomic mass is 10.2. The highest BCUT2D eigenvalue weighted by atomic mass is 32.2. The fraction of sp³-hybridized carbons (Fsp3) is 0.364. The van der Waals surface area contributed by atoms with Crippen LogP contribution in [-0.2, 0) is 19.5 Å². The van der Waals surface area contributed by atoms with E-state index in [-0.39, 0.29) is 6.61 Å². The predicted molar refractivity (Wildman–Crippen MR) is 64.5 cm³/mol. The lowest BCUT2D eigenvalue weighted by molar-refractivity contribution is 0.0462. The van der Waals surface area contributed by atoms with Crippen LogP contribution in [0.15, 0.2) is 17.0 Å². The highest BCUT2D eigenvalue weighted by Crippen LogP contribution is 2.20. The Morgan fingerprint density at radius 3 is 2.50 bits per heavy atom. The Hall–Kier alpha value is -1.58. The Morgan fingerprint density at radius 1 is 1.30 bits per heavy atom. The molecule has 0 bridgehead atoms. The van der Waals surface area contributed by atoms with Crippen molar-refractivity contribution in [3.05, 3.63) is 29.3 Å². The fourth-order valence-corrected chi connectivity index (χ4v) is 2.00. The Kier molecular flexibility index (Phi) is 5.54. The summed E-state index contributed by atoms with van der Waals surface area (Å²) in [5.74, 6) is -3.73. The van der Waals surface area contributed by atoms with Gasteiger partial charge < -0.3 is 9.47 Å². The minimum Gasteiger partial charge on any atom is -0.462 e. The van der Waals surface area contributed by atoms with Crippen molar-refractivity contribution in [2.45, 2.75) is 11.3 Å². The minimum absolute atomic E-state index is 0.0761. The zero-order chi connectivity index (χ0) is 15.3. The van der Waals surface area contributed by atoms with E-state index in [0.29, 0.717) is 25.2 Å². The van der Waals surface area contributed by atoms with Gasteiger partial charge in [0.2, 0.25) is 10.0 Å². The second-order valence-electron chi connectivity index (χ2n) is 3.79. The quantitative estimate of drug-likeness (QED) is 0.619. The van der Waals surface area contributed by atoms with Gasteiger partial charge in [-0.05, 0) is 12.1 Å². The van der Waals surface area contributed by atoms with Crippen molar-refractivity contribution < 1.29 is 31.5 Å². The highest BCUT2D eigenvalue weighted by Gasteiger charge is 2.24. The number of rotatable bonds is 6. The molecule has 0 atom stereocenters. The summed E-state index contributed by atoms with van der Waals surface area (Å²) in [5.41, 5.74) is -0.827. The van der Waals surface area contributed by atoms with E-state index in [1.54, 1.807) is 0 Å². The lowest BCUT2D eigenvalue weighted by Crippen LogP contribution is -2.18. The summed E-state index contributed by atoms with van der Waals surface area (Å²) in [6, 6.07) is 0.940. The lowest BCUT2D eigenvalue weighted by Gasteiger charge is -2.08. The summed E-state index contributed by atoms with van der Waals surface area (Å²) in [4.78, 5) is 10.5. The number of carbonyl (C=O) groups is 1. The topological polar surface area (TPSA) is 95.7 Å². The molecule has 9 heteroatoms. The van der Waals surface area contributed by atoms with E-state index in [0.717, 1.165) is 0 Å².